The highest BCUT2D eigenvalue weighted by atomic mass is 35.5. The highest BCUT2D eigenvalue weighted by Crippen LogP contribution is 2.28. The Hall–Kier alpha value is -2.83. The van der Waals surface area contributed by atoms with Crippen molar-refractivity contribution < 1.29 is 9.53 Å². The topological polar surface area (TPSA) is 79.9 Å². The molecule has 0 unspecified atom stereocenters. The van der Waals surface area contributed by atoms with Crippen molar-refractivity contribution >= 4 is 51.9 Å². The van der Waals surface area contributed by atoms with E-state index in [-0.39, 0.29) is 5.76 Å². The number of halogens is 2. The van der Waals surface area contributed by atoms with E-state index in [4.69, 9.17) is 27.9 Å². The van der Waals surface area contributed by atoms with Gasteiger partial charge in [0.15, 0.2) is 11.6 Å². The summed E-state index contributed by atoms with van der Waals surface area (Å²) in [4.78, 5) is 23.4. The third-order valence-electron chi connectivity index (χ3n) is 3.53. The summed E-state index contributed by atoms with van der Waals surface area (Å²) in [6.45, 7) is 2.16. The number of fused-ring (bicyclic) bond motifs is 1. The number of aromatic nitrogens is 3. The zero-order valence-corrected chi connectivity index (χ0v) is 15.9. The molecule has 0 spiro atoms. The highest BCUT2D eigenvalue weighted by molar-refractivity contribution is 6.42. The molecule has 2 heterocycles. The van der Waals surface area contributed by atoms with Crippen LogP contribution in [-0.4, -0.2) is 27.5 Å². The minimum atomic E-state index is -0.405. The predicted molar refractivity (Wildman–Crippen MR) is 108 cm³/mol. The number of nitrogens with zero attached hydrogens (tertiary/aromatic N) is 2. The molecule has 2 aromatic heterocycles. The van der Waals surface area contributed by atoms with Gasteiger partial charge in [-0.25, -0.2) is 4.98 Å². The molecule has 0 aliphatic carbocycles. The van der Waals surface area contributed by atoms with Crippen molar-refractivity contribution in [3.63, 3.8) is 0 Å². The summed E-state index contributed by atoms with van der Waals surface area (Å²) >= 11 is 12.1. The normalized spacial score (nSPS) is 11.9. The molecule has 0 saturated carbocycles. The fraction of sp³-hybridized carbons (Fsp3) is 0.105. The van der Waals surface area contributed by atoms with Crippen molar-refractivity contribution in [2.75, 3.05) is 11.9 Å². The summed E-state index contributed by atoms with van der Waals surface area (Å²) in [5.74, 6) is 0.111. The zero-order chi connectivity index (χ0) is 19.2. The molecule has 0 saturated heterocycles. The summed E-state index contributed by atoms with van der Waals surface area (Å²) < 4.78 is 5.41. The fourth-order valence-electron chi connectivity index (χ4n) is 2.36. The van der Waals surface area contributed by atoms with Crippen LogP contribution in [0.2, 0.25) is 10.0 Å². The lowest BCUT2D eigenvalue weighted by Gasteiger charge is -2.07. The Bertz CT molecular complexity index is 974. The van der Waals surface area contributed by atoms with E-state index in [9.17, 15) is 4.79 Å². The second-order valence-electron chi connectivity index (χ2n) is 5.45. The van der Waals surface area contributed by atoms with E-state index in [2.05, 4.69) is 20.3 Å². The van der Waals surface area contributed by atoms with Gasteiger partial charge in [-0.15, -0.1) is 0 Å². The quantitative estimate of drug-likeness (QED) is 0.351. The van der Waals surface area contributed by atoms with Gasteiger partial charge in [0.1, 0.15) is 0 Å². The molecular weight excluding hydrogens is 387 g/mol. The number of carbonyl (C=O) groups is 1. The van der Waals surface area contributed by atoms with Crippen LogP contribution >= 0.6 is 23.2 Å². The first-order valence-electron chi connectivity index (χ1n) is 8.13. The van der Waals surface area contributed by atoms with Crippen LogP contribution in [0.1, 0.15) is 12.6 Å². The van der Waals surface area contributed by atoms with Crippen molar-refractivity contribution in [2.24, 2.45) is 0 Å². The highest BCUT2D eigenvalue weighted by Gasteiger charge is 2.10. The summed E-state index contributed by atoms with van der Waals surface area (Å²) in [6, 6.07) is 5.50. The minimum absolute atomic E-state index is 0.168. The van der Waals surface area contributed by atoms with E-state index in [1.54, 1.807) is 31.2 Å². The van der Waals surface area contributed by atoms with Gasteiger partial charge in [-0.05, 0) is 37.3 Å². The van der Waals surface area contributed by atoms with Gasteiger partial charge in [-0.1, -0.05) is 29.3 Å². The molecule has 6 nitrogen and oxygen atoms in total. The summed E-state index contributed by atoms with van der Waals surface area (Å²) in [7, 11) is 0. The van der Waals surface area contributed by atoms with E-state index in [1.807, 2.05) is 12.1 Å². The molecular formula is C19H16Cl2N4O2. The van der Waals surface area contributed by atoms with Gasteiger partial charge in [0.05, 0.1) is 22.8 Å². The molecule has 3 rings (SSSR count). The van der Waals surface area contributed by atoms with Crippen molar-refractivity contribution in [2.45, 2.75) is 6.92 Å². The molecule has 0 aliphatic rings. The van der Waals surface area contributed by atoms with Gasteiger partial charge in [-0.3, -0.25) is 9.78 Å². The number of benzene rings is 1. The van der Waals surface area contributed by atoms with Crippen LogP contribution in [0.25, 0.3) is 17.0 Å². The van der Waals surface area contributed by atoms with Gasteiger partial charge in [0, 0.05) is 29.0 Å². The van der Waals surface area contributed by atoms with Crippen molar-refractivity contribution in [3.8, 4) is 0 Å². The lowest BCUT2D eigenvalue weighted by molar-refractivity contribution is -0.116. The number of hydrogen-bond acceptors (Lipinski definition) is 4. The molecule has 1 amide bonds. The summed E-state index contributed by atoms with van der Waals surface area (Å²) in [6.07, 6.45) is 9.59. The predicted octanol–water partition coefficient (Wildman–Crippen LogP) is 4.84. The Labute approximate surface area is 165 Å². The Morgan fingerprint density at radius 3 is 2.81 bits per heavy atom. The van der Waals surface area contributed by atoms with Crippen LogP contribution in [-0.2, 0) is 9.53 Å². The standard InChI is InChI=1S/C19H16Cl2N4O2/c1-2-27-17(19(26)25-18-11-22-6-7-23-18)5-3-4-13-8-12-9-14(20)15(21)10-16(12)24-13/h3-11,24H,2H2,1H3,(H,23,25,26)/b4-3+,17-5+. The molecule has 3 aromatic rings. The molecule has 1 aromatic carbocycles. The van der Waals surface area contributed by atoms with Crippen LogP contribution in [0.5, 0.6) is 0 Å². The number of anilines is 1. The fourth-order valence-corrected chi connectivity index (χ4v) is 2.70. The second kappa shape index (κ2) is 8.70. The van der Waals surface area contributed by atoms with Crippen LogP contribution in [0.3, 0.4) is 0 Å². The third kappa shape index (κ3) is 4.87. The van der Waals surface area contributed by atoms with Gasteiger partial charge < -0.3 is 15.0 Å². The number of amides is 1. The number of carbonyl (C=O) groups excluding carboxylic acids is 1. The van der Waals surface area contributed by atoms with Crippen molar-refractivity contribution in [1.29, 1.82) is 0 Å². The van der Waals surface area contributed by atoms with Crippen LogP contribution in [0.15, 0.2) is 54.7 Å². The van der Waals surface area contributed by atoms with Crippen LogP contribution in [0.4, 0.5) is 5.82 Å². The largest absolute Gasteiger partial charge is 0.488 e. The first-order valence-corrected chi connectivity index (χ1v) is 8.88. The number of allylic oxidation sites excluding steroid dienone is 2. The Kier molecular flexibility index (Phi) is 6.11. The minimum Gasteiger partial charge on any atom is -0.488 e. The molecule has 0 fully saturated rings. The van der Waals surface area contributed by atoms with E-state index >= 15 is 0 Å². The van der Waals surface area contributed by atoms with E-state index < -0.39 is 5.91 Å². The molecule has 0 aliphatic heterocycles. The second-order valence-corrected chi connectivity index (χ2v) is 6.26. The lowest BCUT2D eigenvalue weighted by Crippen LogP contribution is -2.17. The number of hydrogen-bond donors (Lipinski definition) is 2. The molecule has 138 valence electrons. The first kappa shape index (κ1) is 18.9. The average Bonchev–Trinajstić information content (AvgIpc) is 3.03. The summed E-state index contributed by atoms with van der Waals surface area (Å²) in [5, 5.41) is 4.56. The maximum Gasteiger partial charge on any atom is 0.291 e. The number of rotatable bonds is 6. The van der Waals surface area contributed by atoms with Crippen LogP contribution in [0, 0.1) is 0 Å². The molecule has 0 radical (unpaired) electrons. The van der Waals surface area contributed by atoms with Crippen LogP contribution < -0.4 is 5.32 Å². The summed E-state index contributed by atoms with van der Waals surface area (Å²) in [5.41, 5.74) is 1.71. The lowest BCUT2D eigenvalue weighted by atomic mass is 10.2. The van der Waals surface area contributed by atoms with Crippen molar-refractivity contribution in [3.05, 3.63) is 70.4 Å². The molecule has 0 bridgehead atoms. The van der Waals surface area contributed by atoms with E-state index in [1.165, 1.54) is 18.6 Å². The van der Waals surface area contributed by atoms with Crippen molar-refractivity contribution in [1.82, 2.24) is 15.0 Å². The van der Waals surface area contributed by atoms with E-state index in [0.29, 0.717) is 22.5 Å². The number of ether oxygens (including phenoxy) is 1. The number of aromatic amines is 1. The monoisotopic (exact) mass is 402 g/mol. The third-order valence-corrected chi connectivity index (χ3v) is 4.26. The number of nitrogens with one attached hydrogen (secondary N) is 2. The molecule has 2 N–H and O–H groups in total. The smallest absolute Gasteiger partial charge is 0.291 e. The van der Waals surface area contributed by atoms with Gasteiger partial charge in [-0.2, -0.15) is 0 Å². The SMILES string of the molecule is CCO/C(=C/C=C/c1cc2cc(Cl)c(Cl)cc2[nH]1)C(=O)Nc1cnccn1. The molecule has 0 atom stereocenters. The maximum atomic E-state index is 12.3. The first-order chi connectivity index (χ1) is 13.1. The molecule has 8 heteroatoms. The van der Waals surface area contributed by atoms with Gasteiger partial charge >= 0.3 is 0 Å². The van der Waals surface area contributed by atoms with E-state index in [0.717, 1.165) is 16.6 Å². The van der Waals surface area contributed by atoms with Gasteiger partial charge in [0.2, 0.25) is 0 Å². The Balaban J connectivity index is 1.77. The number of H-pyrrole nitrogens is 1. The Morgan fingerprint density at radius 1 is 1.26 bits per heavy atom. The average molecular weight is 403 g/mol. The Morgan fingerprint density at radius 2 is 2.07 bits per heavy atom. The van der Waals surface area contributed by atoms with Gasteiger partial charge in [0.25, 0.3) is 5.91 Å². The maximum absolute atomic E-state index is 12.3. The zero-order valence-electron chi connectivity index (χ0n) is 14.4. The molecule has 27 heavy (non-hydrogen) atoms.